The van der Waals surface area contributed by atoms with Crippen LogP contribution in [0.15, 0.2) is 48.5 Å². The van der Waals surface area contributed by atoms with Gasteiger partial charge in [-0.3, -0.25) is 9.59 Å². The summed E-state index contributed by atoms with van der Waals surface area (Å²) in [6, 6.07) is 13.0. The number of carbonyl (C=O) groups is 2. The Morgan fingerprint density at radius 2 is 1.70 bits per heavy atom. The van der Waals surface area contributed by atoms with E-state index in [0.717, 1.165) is 10.6 Å². The van der Waals surface area contributed by atoms with E-state index in [2.05, 4.69) is 19.2 Å². The van der Waals surface area contributed by atoms with Gasteiger partial charge >= 0.3 is 0 Å². The number of amides is 2. The molecule has 2 N–H and O–H groups in total. The number of nitrogens with one attached hydrogen (secondary N) is 2. The Hall–Kier alpha value is -2.93. The quantitative estimate of drug-likeness (QED) is 0.727. The van der Waals surface area contributed by atoms with Gasteiger partial charge in [-0.2, -0.15) is 0 Å². The molecular weight excluding hydrogens is 385 g/mol. The van der Waals surface area contributed by atoms with Crippen LogP contribution in [0.2, 0.25) is 0 Å². The molecule has 0 bridgehead atoms. The van der Waals surface area contributed by atoms with Crippen LogP contribution >= 0.6 is 0 Å². The highest BCUT2D eigenvalue weighted by Gasteiger charge is 2.26. The van der Waals surface area contributed by atoms with Crippen molar-refractivity contribution in [1.82, 2.24) is 4.90 Å². The Balaban J connectivity index is 1.44. The molecule has 0 aromatic heterocycles. The summed E-state index contributed by atoms with van der Waals surface area (Å²) in [4.78, 5) is 27.9. The van der Waals surface area contributed by atoms with Gasteiger partial charge in [-0.1, -0.05) is 13.8 Å². The van der Waals surface area contributed by atoms with Crippen LogP contribution in [0.5, 0.6) is 5.75 Å². The number of piperazine rings is 1. The third-order valence-corrected chi connectivity index (χ3v) is 4.98. The first-order valence-corrected chi connectivity index (χ1v) is 10.3. The summed E-state index contributed by atoms with van der Waals surface area (Å²) in [5.41, 5.74) is 1.22. The number of anilines is 1. The lowest BCUT2D eigenvalue weighted by molar-refractivity contribution is -0.895. The number of hydrogen-bond acceptors (Lipinski definition) is 3. The number of rotatable bonds is 7. The largest absolute Gasteiger partial charge is 0.493 e. The lowest BCUT2D eigenvalue weighted by Crippen LogP contribution is -3.15. The number of nitrogens with zero attached hydrogens (tertiary/aromatic N) is 1. The first-order chi connectivity index (χ1) is 14.4. The van der Waals surface area contributed by atoms with Gasteiger partial charge in [0.15, 0.2) is 6.54 Å². The summed E-state index contributed by atoms with van der Waals surface area (Å²) in [5.74, 6) is 0.760. The van der Waals surface area contributed by atoms with E-state index in [4.69, 9.17) is 4.74 Å². The minimum absolute atomic E-state index is 0.000207. The smallest absolute Gasteiger partial charge is 0.279 e. The molecule has 0 aliphatic carbocycles. The molecule has 1 fully saturated rings. The van der Waals surface area contributed by atoms with Gasteiger partial charge in [0.25, 0.3) is 11.8 Å². The zero-order chi connectivity index (χ0) is 21.5. The molecular formula is C23H29FN3O3+. The van der Waals surface area contributed by atoms with Crippen LogP contribution in [0, 0.1) is 11.7 Å². The summed E-state index contributed by atoms with van der Waals surface area (Å²) in [5, 5.41) is 2.78. The predicted octanol–water partition coefficient (Wildman–Crippen LogP) is 1.84. The first kappa shape index (κ1) is 21.8. The number of benzene rings is 2. The van der Waals surface area contributed by atoms with Crippen molar-refractivity contribution >= 4 is 17.5 Å². The van der Waals surface area contributed by atoms with E-state index in [1.54, 1.807) is 24.3 Å². The summed E-state index contributed by atoms with van der Waals surface area (Å²) >= 11 is 0. The Kier molecular flexibility index (Phi) is 7.41. The summed E-state index contributed by atoms with van der Waals surface area (Å²) in [6.07, 6.45) is 0. The van der Waals surface area contributed by atoms with Crippen molar-refractivity contribution in [2.45, 2.75) is 13.8 Å². The fourth-order valence-electron chi connectivity index (χ4n) is 3.31. The molecule has 3 rings (SSSR count). The lowest BCUT2D eigenvalue weighted by atomic mass is 10.1. The molecule has 0 saturated carbocycles. The molecule has 2 aromatic rings. The number of hydrogen-bond donors (Lipinski definition) is 2. The van der Waals surface area contributed by atoms with E-state index >= 15 is 0 Å². The Morgan fingerprint density at radius 1 is 1.07 bits per heavy atom. The van der Waals surface area contributed by atoms with Crippen molar-refractivity contribution in [2.75, 3.05) is 44.6 Å². The Morgan fingerprint density at radius 3 is 2.30 bits per heavy atom. The van der Waals surface area contributed by atoms with E-state index < -0.39 is 0 Å². The summed E-state index contributed by atoms with van der Waals surface area (Å²) in [7, 11) is 0. The molecule has 0 spiro atoms. The van der Waals surface area contributed by atoms with Crippen LogP contribution in [0.4, 0.5) is 10.1 Å². The Bertz CT molecular complexity index is 845. The van der Waals surface area contributed by atoms with Gasteiger partial charge in [-0.15, -0.1) is 0 Å². The number of halogens is 1. The highest BCUT2D eigenvalue weighted by molar-refractivity contribution is 5.94. The van der Waals surface area contributed by atoms with E-state index in [0.29, 0.717) is 56.5 Å². The van der Waals surface area contributed by atoms with Gasteiger partial charge in [-0.05, 0) is 54.4 Å². The molecule has 1 saturated heterocycles. The second-order valence-electron chi connectivity index (χ2n) is 8.00. The van der Waals surface area contributed by atoms with Crippen LogP contribution < -0.4 is 15.0 Å². The van der Waals surface area contributed by atoms with E-state index in [-0.39, 0.29) is 17.6 Å². The number of carbonyl (C=O) groups excluding carboxylic acids is 2. The fraction of sp³-hybridized carbons (Fsp3) is 0.391. The predicted molar refractivity (Wildman–Crippen MR) is 113 cm³/mol. The fourth-order valence-corrected chi connectivity index (χ4v) is 3.31. The van der Waals surface area contributed by atoms with Crippen LogP contribution in [0.3, 0.4) is 0 Å². The van der Waals surface area contributed by atoms with Gasteiger partial charge in [0.05, 0.1) is 32.8 Å². The van der Waals surface area contributed by atoms with Crippen molar-refractivity contribution in [2.24, 2.45) is 5.92 Å². The van der Waals surface area contributed by atoms with Gasteiger partial charge in [0, 0.05) is 11.3 Å². The van der Waals surface area contributed by atoms with Gasteiger partial charge in [-0.25, -0.2) is 4.39 Å². The maximum Gasteiger partial charge on any atom is 0.279 e. The average Bonchev–Trinajstić information content (AvgIpc) is 2.74. The molecule has 7 heteroatoms. The second kappa shape index (κ2) is 10.2. The van der Waals surface area contributed by atoms with Crippen LogP contribution in [0.1, 0.15) is 24.2 Å². The first-order valence-electron chi connectivity index (χ1n) is 10.3. The SMILES string of the molecule is CC(C)COc1ccc(C(=O)N2CC[NH+](CC(=O)Nc3ccc(F)cc3)CC2)cc1. The topological polar surface area (TPSA) is 63.1 Å². The van der Waals surface area contributed by atoms with Gasteiger partial charge in [0.1, 0.15) is 11.6 Å². The van der Waals surface area contributed by atoms with Crippen LogP contribution in [-0.2, 0) is 4.79 Å². The third kappa shape index (κ3) is 6.29. The molecule has 160 valence electrons. The molecule has 2 aromatic carbocycles. The molecule has 0 radical (unpaired) electrons. The van der Waals surface area contributed by atoms with E-state index in [9.17, 15) is 14.0 Å². The average molecular weight is 415 g/mol. The standard InChI is InChI=1S/C23H28FN3O3/c1-17(2)16-30-21-9-3-18(4-10-21)23(29)27-13-11-26(12-14-27)15-22(28)25-20-7-5-19(24)6-8-20/h3-10,17H,11-16H2,1-2H3,(H,25,28)/p+1. The van der Waals surface area contributed by atoms with Gasteiger partial charge < -0.3 is 19.9 Å². The molecule has 0 atom stereocenters. The maximum atomic E-state index is 12.9. The molecule has 2 amide bonds. The summed E-state index contributed by atoms with van der Waals surface area (Å²) < 4.78 is 18.6. The molecule has 1 aliphatic heterocycles. The van der Waals surface area contributed by atoms with Crippen molar-refractivity contribution in [3.8, 4) is 5.75 Å². The maximum absolute atomic E-state index is 12.9. The van der Waals surface area contributed by atoms with Crippen LogP contribution in [-0.4, -0.2) is 56.0 Å². The highest BCUT2D eigenvalue weighted by atomic mass is 19.1. The minimum atomic E-state index is -0.336. The van der Waals surface area contributed by atoms with Crippen molar-refractivity contribution in [3.05, 3.63) is 59.9 Å². The third-order valence-electron chi connectivity index (χ3n) is 4.98. The van der Waals surface area contributed by atoms with Crippen molar-refractivity contribution in [1.29, 1.82) is 0 Å². The van der Waals surface area contributed by atoms with Crippen molar-refractivity contribution in [3.63, 3.8) is 0 Å². The zero-order valence-electron chi connectivity index (χ0n) is 17.5. The minimum Gasteiger partial charge on any atom is -0.493 e. The lowest BCUT2D eigenvalue weighted by Gasteiger charge is -2.32. The normalized spacial score (nSPS) is 14.6. The highest BCUT2D eigenvalue weighted by Crippen LogP contribution is 2.15. The van der Waals surface area contributed by atoms with E-state index in [1.807, 2.05) is 17.0 Å². The van der Waals surface area contributed by atoms with Gasteiger partial charge in [0.2, 0.25) is 0 Å². The number of ether oxygens (including phenoxy) is 1. The molecule has 6 nitrogen and oxygen atoms in total. The molecule has 1 aliphatic rings. The van der Waals surface area contributed by atoms with E-state index in [1.165, 1.54) is 12.1 Å². The summed E-state index contributed by atoms with van der Waals surface area (Å²) in [6.45, 7) is 7.76. The Labute approximate surface area is 176 Å². The molecule has 30 heavy (non-hydrogen) atoms. The monoisotopic (exact) mass is 414 g/mol. The molecule has 1 heterocycles. The number of quaternary nitrogens is 1. The van der Waals surface area contributed by atoms with Crippen LogP contribution in [0.25, 0.3) is 0 Å². The zero-order valence-corrected chi connectivity index (χ0v) is 17.5. The molecule has 0 unspecified atom stereocenters. The van der Waals surface area contributed by atoms with Crippen molar-refractivity contribution < 1.29 is 23.6 Å². The second-order valence-corrected chi connectivity index (χ2v) is 8.00.